The molecule has 158 valence electrons. The predicted molar refractivity (Wildman–Crippen MR) is 100 cm³/mol. The number of carbonyl (C=O) groups is 2. The zero-order valence-electron chi connectivity index (χ0n) is 15.5. The highest BCUT2D eigenvalue weighted by Gasteiger charge is 2.34. The van der Waals surface area contributed by atoms with Crippen LogP contribution in [0.3, 0.4) is 0 Å². The Kier molecular flexibility index (Phi) is 6.73. The van der Waals surface area contributed by atoms with Crippen LogP contribution in [0.2, 0.25) is 0 Å². The number of nitrogens with one attached hydrogen (secondary N) is 2. The number of hydrogen-bond donors (Lipinski definition) is 2. The number of furan rings is 1. The quantitative estimate of drug-likeness (QED) is 0.696. The minimum Gasteiger partial charge on any atom is -0.472 e. The van der Waals surface area contributed by atoms with Gasteiger partial charge in [0.25, 0.3) is 5.91 Å². The molecule has 0 aliphatic heterocycles. The predicted octanol–water partition coefficient (Wildman–Crippen LogP) is 3.56. The second-order valence-corrected chi connectivity index (χ2v) is 8.83. The van der Waals surface area contributed by atoms with E-state index in [1.165, 1.54) is 12.3 Å². The third kappa shape index (κ3) is 6.63. The first-order chi connectivity index (χ1) is 13.4. The number of benzene rings is 1. The van der Waals surface area contributed by atoms with Crippen molar-refractivity contribution in [2.24, 2.45) is 5.92 Å². The molecule has 29 heavy (non-hydrogen) atoms. The number of halogens is 3. The van der Waals surface area contributed by atoms with Gasteiger partial charge in [-0.05, 0) is 30.2 Å². The van der Waals surface area contributed by atoms with Crippen LogP contribution < -0.4 is 10.6 Å². The van der Waals surface area contributed by atoms with Crippen molar-refractivity contribution >= 4 is 33.0 Å². The highest BCUT2D eigenvalue weighted by Crippen LogP contribution is 2.36. The van der Waals surface area contributed by atoms with Gasteiger partial charge in [0.2, 0.25) is 5.91 Å². The van der Waals surface area contributed by atoms with Crippen molar-refractivity contribution in [3.8, 4) is 0 Å². The summed E-state index contributed by atoms with van der Waals surface area (Å²) >= 11 is 0. The first-order valence-electron chi connectivity index (χ1n) is 8.42. The second-order valence-electron chi connectivity index (χ2n) is 6.72. The molecule has 0 aliphatic carbocycles. The van der Waals surface area contributed by atoms with Gasteiger partial charge in [-0.2, -0.15) is 13.2 Å². The van der Waals surface area contributed by atoms with Crippen LogP contribution in [0.4, 0.5) is 24.5 Å². The van der Waals surface area contributed by atoms with Crippen molar-refractivity contribution in [3.05, 3.63) is 47.9 Å². The van der Waals surface area contributed by atoms with Gasteiger partial charge in [0, 0.05) is 5.69 Å². The summed E-state index contributed by atoms with van der Waals surface area (Å²) in [5.41, 5.74) is -1.87. The van der Waals surface area contributed by atoms with Crippen LogP contribution in [0.25, 0.3) is 0 Å². The van der Waals surface area contributed by atoms with Crippen LogP contribution in [0, 0.1) is 5.92 Å². The van der Waals surface area contributed by atoms with E-state index in [1.807, 2.05) is 5.32 Å². The Balaban J connectivity index is 2.21. The molecule has 1 heterocycles. The largest absolute Gasteiger partial charge is 0.472 e. The Bertz CT molecular complexity index is 983. The van der Waals surface area contributed by atoms with Gasteiger partial charge < -0.3 is 15.1 Å². The third-order valence-corrected chi connectivity index (χ3v) is 5.46. The molecule has 0 fully saturated rings. The van der Waals surface area contributed by atoms with Crippen LogP contribution in [-0.2, 0) is 20.8 Å². The summed E-state index contributed by atoms with van der Waals surface area (Å²) in [4.78, 5) is 23.9. The van der Waals surface area contributed by atoms with E-state index in [1.54, 1.807) is 13.8 Å². The molecule has 0 saturated carbocycles. The van der Waals surface area contributed by atoms with Crippen molar-refractivity contribution in [1.82, 2.24) is 0 Å². The molecular weight excluding hydrogens is 413 g/mol. The minimum absolute atomic E-state index is 0.117. The normalized spacial score (nSPS) is 12.1. The average Bonchev–Trinajstić information content (AvgIpc) is 3.07. The van der Waals surface area contributed by atoms with E-state index in [-0.39, 0.29) is 22.9 Å². The lowest BCUT2D eigenvalue weighted by atomic mass is 10.1. The monoisotopic (exact) mass is 432 g/mol. The Morgan fingerprint density at radius 2 is 1.83 bits per heavy atom. The Labute approximate surface area is 165 Å². The number of hydrogen-bond acceptors (Lipinski definition) is 5. The fourth-order valence-electron chi connectivity index (χ4n) is 2.52. The molecule has 0 atom stereocenters. The van der Waals surface area contributed by atoms with E-state index in [2.05, 4.69) is 5.32 Å². The Hall–Kier alpha value is -2.82. The van der Waals surface area contributed by atoms with Crippen LogP contribution in [-0.4, -0.2) is 31.7 Å². The van der Waals surface area contributed by atoms with Gasteiger partial charge >= 0.3 is 6.18 Å². The van der Waals surface area contributed by atoms with Crippen molar-refractivity contribution in [2.75, 3.05) is 22.1 Å². The van der Waals surface area contributed by atoms with E-state index in [0.717, 1.165) is 18.4 Å². The van der Waals surface area contributed by atoms with Crippen molar-refractivity contribution in [2.45, 2.75) is 20.0 Å². The standard InChI is InChI=1S/C18H19F3N2O5S/c1-11(2)9-29(26,27)10-16(24)23-15-4-3-13(7-14(15)18(19,20)21)22-17(25)12-5-6-28-8-12/h3-8,11H,9-10H2,1-2H3,(H,22,25)(H,23,24). The summed E-state index contributed by atoms with van der Waals surface area (Å²) in [5, 5.41) is 4.28. The maximum atomic E-state index is 13.4. The van der Waals surface area contributed by atoms with E-state index in [4.69, 9.17) is 4.42 Å². The van der Waals surface area contributed by atoms with Crippen molar-refractivity contribution < 1.29 is 35.6 Å². The Morgan fingerprint density at radius 3 is 2.38 bits per heavy atom. The van der Waals surface area contributed by atoms with E-state index in [9.17, 15) is 31.2 Å². The first kappa shape index (κ1) is 22.5. The lowest BCUT2D eigenvalue weighted by Crippen LogP contribution is -2.27. The molecular formula is C18H19F3N2O5S. The molecule has 2 amide bonds. The van der Waals surface area contributed by atoms with Crippen molar-refractivity contribution in [1.29, 1.82) is 0 Å². The molecule has 1 aromatic heterocycles. The maximum absolute atomic E-state index is 13.4. The Morgan fingerprint density at radius 1 is 1.14 bits per heavy atom. The maximum Gasteiger partial charge on any atom is 0.418 e. The number of alkyl halides is 3. The summed E-state index contributed by atoms with van der Waals surface area (Å²) < 4.78 is 68.7. The molecule has 0 saturated heterocycles. The summed E-state index contributed by atoms with van der Waals surface area (Å²) in [5.74, 6) is -3.17. The SMILES string of the molecule is CC(C)CS(=O)(=O)CC(=O)Nc1ccc(NC(=O)c2ccoc2)cc1C(F)(F)F. The summed E-state index contributed by atoms with van der Waals surface area (Å²) in [6.45, 7) is 3.29. The van der Waals surface area contributed by atoms with Gasteiger partial charge in [-0.15, -0.1) is 0 Å². The third-order valence-electron chi connectivity index (χ3n) is 3.58. The molecule has 7 nitrogen and oxygen atoms in total. The van der Waals surface area contributed by atoms with Gasteiger partial charge in [-0.3, -0.25) is 9.59 Å². The van der Waals surface area contributed by atoms with Gasteiger partial charge in [0.15, 0.2) is 9.84 Å². The number of sulfone groups is 1. The zero-order chi connectivity index (χ0) is 21.8. The molecule has 0 bridgehead atoms. The van der Waals surface area contributed by atoms with Gasteiger partial charge in [0.05, 0.1) is 28.8 Å². The van der Waals surface area contributed by atoms with Gasteiger partial charge in [0.1, 0.15) is 12.0 Å². The zero-order valence-corrected chi connectivity index (χ0v) is 16.4. The molecule has 11 heteroatoms. The van der Waals surface area contributed by atoms with Crippen LogP contribution in [0.1, 0.15) is 29.8 Å². The molecule has 0 aliphatic rings. The van der Waals surface area contributed by atoms with Crippen LogP contribution in [0.5, 0.6) is 0 Å². The molecule has 2 aromatic rings. The lowest BCUT2D eigenvalue weighted by Gasteiger charge is -2.16. The van der Waals surface area contributed by atoms with Crippen LogP contribution in [0.15, 0.2) is 41.2 Å². The number of carbonyl (C=O) groups excluding carboxylic acids is 2. The molecule has 0 radical (unpaired) electrons. The van der Waals surface area contributed by atoms with Gasteiger partial charge in [-0.25, -0.2) is 8.42 Å². The van der Waals surface area contributed by atoms with Crippen molar-refractivity contribution in [3.63, 3.8) is 0 Å². The van der Waals surface area contributed by atoms with E-state index >= 15 is 0 Å². The summed E-state index contributed by atoms with van der Waals surface area (Å²) in [7, 11) is -3.76. The smallest absolute Gasteiger partial charge is 0.418 e. The summed E-state index contributed by atoms with van der Waals surface area (Å²) in [6.07, 6.45) is -2.48. The highest BCUT2D eigenvalue weighted by molar-refractivity contribution is 7.92. The number of amides is 2. The van der Waals surface area contributed by atoms with Gasteiger partial charge in [-0.1, -0.05) is 13.8 Å². The first-order valence-corrected chi connectivity index (χ1v) is 10.2. The molecule has 2 N–H and O–H groups in total. The van der Waals surface area contributed by atoms with E-state index in [0.29, 0.717) is 6.07 Å². The number of rotatable bonds is 7. The topological polar surface area (TPSA) is 105 Å². The molecule has 1 aromatic carbocycles. The average molecular weight is 432 g/mol. The second kappa shape index (κ2) is 8.68. The number of anilines is 2. The fourth-order valence-corrected chi connectivity index (χ4v) is 4.12. The highest BCUT2D eigenvalue weighted by atomic mass is 32.2. The molecule has 0 spiro atoms. The minimum atomic E-state index is -4.85. The molecule has 2 rings (SSSR count). The fraction of sp³-hybridized carbons (Fsp3) is 0.333. The van der Waals surface area contributed by atoms with E-state index < -0.39 is 44.8 Å². The lowest BCUT2D eigenvalue weighted by molar-refractivity contribution is -0.136. The molecule has 0 unspecified atom stereocenters. The van der Waals surface area contributed by atoms with Crippen LogP contribution >= 0.6 is 0 Å². The summed E-state index contributed by atoms with van der Waals surface area (Å²) in [6, 6.07) is 4.09.